The van der Waals surface area contributed by atoms with Crippen LogP contribution in [-0.2, 0) is 12.8 Å². The molecule has 0 aliphatic heterocycles. The van der Waals surface area contributed by atoms with Crippen molar-refractivity contribution in [1.29, 1.82) is 0 Å². The summed E-state index contributed by atoms with van der Waals surface area (Å²) in [5.41, 5.74) is 9.53. The third-order valence-corrected chi connectivity index (χ3v) is 4.37. The molecule has 3 nitrogen and oxygen atoms in total. The first kappa shape index (κ1) is 17.6. The van der Waals surface area contributed by atoms with Gasteiger partial charge in [0.25, 0.3) is 0 Å². The molecular weight excluding hydrogens is 310 g/mol. The van der Waals surface area contributed by atoms with Crippen LogP contribution in [0, 0.1) is 0 Å². The molecule has 0 fully saturated rings. The maximum absolute atomic E-state index is 6.14. The molecule has 0 aromatic heterocycles. The van der Waals surface area contributed by atoms with Crippen LogP contribution >= 0.6 is 11.6 Å². The highest BCUT2D eigenvalue weighted by Gasteiger charge is 2.18. The Hall–Kier alpha value is -1.71. The first-order valence-corrected chi connectivity index (χ1v) is 8.20. The average molecular weight is 334 g/mol. The van der Waals surface area contributed by atoms with Crippen LogP contribution in [0.2, 0.25) is 5.02 Å². The Morgan fingerprint density at radius 3 is 2.35 bits per heavy atom. The van der Waals surface area contributed by atoms with E-state index in [-0.39, 0.29) is 5.92 Å². The van der Waals surface area contributed by atoms with Crippen molar-refractivity contribution in [3.05, 3.63) is 58.1 Å². The molecule has 0 bridgehead atoms. The van der Waals surface area contributed by atoms with E-state index in [1.54, 1.807) is 14.2 Å². The highest BCUT2D eigenvalue weighted by molar-refractivity contribution is 6.30. The largest absolute Gasteiger partial charge is 0.496 e. The zero-order valence-corrected chi connectivity index (χ0v) is 14.7. The summed E-state index contributed by atoms with van der Waals surface area (Å²) in [5, 5.41) is 0.700. The number of halogens is 1. The molecule has 0 radical (unpaired) electrons. The summed E-state index contributed by atoms with van der Waals surface area (Å²) in [4.78, 5) is 0. The van der Waals surface area contributed by atoms with Crippen LogP contribution in [0.1, 0.15) is 29.5 Å². The number of aryl methyl sites for hydroxylation is 1. The summed E-state index contributed by atoms with van der Waals surface area (Å²) in [6.07, 6.45) is 1.73. The Morgan fingerprint density at radius 1 is 1.04 bits per heavy atom. The van der Waals surface area contributed by atoms with Gasteiger partial charge in [-0.05, 0) is 60.3 Å². The van der Waals surface area contributed by atoms with Crippen LogP contribution in [0.4, 0.5) is 0 Å². The second-order valence-electron chi connectivity index (χ2n) is 5.52. The van der Waals surface area contributed by atoms with Crippen LogP contribution in [0.15, 0.2) is 36.4 Å². The molecule has 4 heteroatoms. The molecule has 23 heavy (non-hydrogen) atoms. The highest BCUT2D eigenvalue weighted by atomic mass is 35.5. The normalized spacial score (nSPS) is 12.0. The predicted octanol–water partition coefficient (Wildman–Crippen LogP) is 4.20. The first-order chi connectivity index (χ1) is 11.1. The van der Waals surface area contributed by atoms with E-state index in [1.807, 2.05) is 24.3 Å². The Bertz CT molecular complexity index is 658. The Balaban J connectivity index is 2.39. The molecular formula is C19H24ClNO2. The van der Waals surface area contributed by atoms with Gasteiger partial charge in [-0.15, -0.1) is 0 Å². The molecule has 1 atom stereocenters. The fourth-order valence-corrected chi connectivity index (χ4v) is 3.01. The van der Waals surface area contributed by atoms with E-state index in [9.17, 15) is 0 Å². The fraction of sp³-hybridized carbons (Fsp3) is 0.368. The van der Waals surface area contributed by atoms with Gasteiger partial charge in [0.05, 0.1) is 14.2 Å². The molecule has 0 spiro atoms. The van der Waals surface area contributed by atoms with Gasteiger partial charge in [0.1, 0.15) is 11.5 Å². The van der Waals surface area contributed by atoms with E-state index in [1.165, 1.54) is 5.56 Å². The minimum Gasteiger partial charge on any atom is -0.496 e. The second kappa shape index (κ2) is 8.23. The zero-order chi connectivity index (χ0) is 16.8. The first-order valence-electron chi connectivity index (χ1n) is 7.82. The molecule has 2 aromatic carbocycles. The van der Waals surface area contributed by atoms with E-state index in [0.717, 1.165) is 35.5 Å². The topological polar surface area (TPSA) is 44.5 Å². The van der Waals surface area contributed by atoms with Crippen LogP contribution < -0.4 is 15.2 Å². The standard InChI is InChI=1S/C19H24ClNO2/c1-4-13-5-7-19(23-3)17(9-13)15(12-21)10-14-11-16(20)6-8-18(14)22-2/h5-9,11,15H,4,10,12,21H2,1-3H3. The van der Waals surface area contributed by atoms with Crippen molar-refractivity contribution in [3.8, 4) is 11.5 Å². The molecule has 0 amide bonds. The molecule has 124 valence electrons. The number of hydrogen-bond donors (Lipinski definition) is 1. The second-order valence-corrected chi connectivity index (χ2v) is 5.96. The molecule has 0 saturated carbocycles. The highest BCUT2D eigenvalue weighted by Crippen LogP contribution is 2.33. The third kappa shape index (κ3) is 4.18. The fourth-order valence-electron chi connectivity index (χ4n) is 2.82. The van der Waals surface area contributed by atoms with Gasteiger partial charge < -0.3 is 15.2 Å². The lowest BCUT2D eigenvalue weighted by Crippen LogP contribution is -2.16. The summed E-state index contributed by atoms with van der Waals surface area (Å²) >= 11 is 6.14. The van der Waals surface area contributed by atoms with Crippen molar-refractivity contribution < 1.29 is 9.47 Å². The Morgan fingerprint density at radius 2 is 1.74 bits per heavy atom. The van der Waals surface area contributed by atoms with Crippen LogP contribution in [0.25, 0.3) is 0 Å². The summed E-state index contributed by atoms with van der Waals surface area (Å²) < 4.78 is 11.0. The lowest BCUT2D eigenvalue weighted by atomic mass is 9.89. The predicted molar refractivity (Wildman–Crippen MR) is 95.9 cm³/mol. The monoisotopic (exact) mass is 333 g/mol. The molecule has 0 saturated heterocycles. The lowest BCUT2D eigenvalue weighted by Gasteiger charge is -2.20. The SMILES string of the molecule is CCc1ccc(OC)c(C(CN)Cc2cc(Cl)ccc2OC)c1. The van der Waals surface area contributed by atoms with Crippen molar-refractivity contribution in [2.75, 3.05) is 20.8 Å². The van der Waals surface area contributed by atoms with Crippen molar-refractivity contribution >= 4 is 11.6 Å². The van der Waals surface area contributed by atoms with Gasteiger partial charge in [-0.2, -0.15) is 0 Å². The van der Waals surface area contributed by atoms with Crippen molar-refractivity contribution in [1.82, 2.24) is 0 Å². The van der Waals surface area contributed by atoms with Gasteiger partial charge in [0, 0.05) is 10.9 Å². The third-order valence-electron chi connectivity index (χ3n) is 4.14. The van der Waals surface area contributed by atoms with Gasteiger partial charge in [-0.1, -0.05) is 30.7 Å². The Kier molecular flexibility index (Phi) is 6.31. The summed E-state index contributed by atoms with van der Waals surface area (Å²) in [5.74, 6) is 1.85. The molecule has 0 aliphatic carbocycles. The maximum atomic E-state index is 6.14. The van der Waals surface area contributed by atoms with E-state index in [0.29, 0.717) is 11.6 Å². The zero-order valence-electron chi connectivity index (χ0n) is 13.9. The average Bonchev–Trinajstić information content (AvgIpc) is 2.59. The van der Waals surface area contributed by atoms with Crippen LogP contribution in [-0.4, -0.2) is 20.8 Å². The summed E-state index contributed by atoms with van der Waals surface area (Å²) in [7, 11) is 3.36. The van der Waals surface area contributed by atoms with Crippen molar-refractivity contribution in [2.24, 2.45) is 5.73 Å². The number of ether oxygens (including phenoxy) is 2. The van der Waals surface area contributed by atoms with Gasteiger partial charge in [-0.3, -0.25) is 0 Å². The van der Waals surface area contributed by atoms with Gasteiger partial charge >= 0.3 is 0 Å². The van der Waals surface area contributed by atoms with E-state index in [4.69, 9.17) is 26.8 Å². The van der Waals surface area contributed by atoms with Crippen molar-refractivity contribution in [3.63, 3.8) is 0 Å². The number of methoxy groups -OCH3 is 2. The number of hydrogen-bond acceptors (Lipinski definition) is 3. The number of rotatable bonds is 7. The van der Waals surface area contributed by atoms with E-state index in [2.05, 4.69) is 19.1 Å². The minimum atomic E-state index is 0.142. The molecule has 2 N–H and O–H groups in total. The van der Waals surface area contributed by atoms with Gasteiger partial charge in [-0.25, -0.2) is 0 Å². The van der Waals surface area contributed by atoms with E-state index < -0.39 is 0 Å². The summed E-state index contributed by atoms with van der Waals surface area (Å²) in [6, 6.07) is 12.0. The van der Waals surface area contributed by atoms with E-state index >= 15 is 0 Å². The quantitative estimate of drug-likeness (QED) is 0.825. The van der Waals surface area contributed by atoms with Crippen molar-refractivity contribution in [2.45, 2.75) is 25.7 Å². The molecule has 0 heterocycles. The maximum Gasteiger partial charge on any atom is 0.122 e. The summed E-state index contributed by atoms with van der Waals surface area (Å²) in [6.45, 7) is 2.67. The molecule has 1 unspecified atom stereocenters. The molecule has 2 rings (SSSR count). The van der Waals surface area contributed by atoms with Crippen LogP contribution in [0.5, 0.6) is 11.5 Å². The Labute approximate surface area is 143 Å². The van der Waals surface area contributed by atoms with Gasteiger partial charge in [0.2, 0.25) is 0 Å². The minimum absolute atomic E-state index is 0.142. The number of benzene rings is 2. The smallest absolute Gasteiger partial charge is 0.122 e. The lowest BCUT2D eigenvalue weighted by molar-refractivity contribution is 0.400. The van der Waals surface area contributed by atoms with Crippen LogP contribution in [0.3, 0.4) is 0 Å². The number of nitrogens with two attached hydrogens (primary N) is 1. The van der Waals surface area contributed by atoms with Gasteiger partial charge in [0.15, 0.2) is 0 Å². The molecule has 2 aromatic rings. The molecule has 0 aliphatic rings.